The molecule has 0 aliphatic carbocycles. The molecule has 8 heteroatoms. The quantitative estimate of drug-likeness (QED) is 0.690. The van der Waals surface area contributed by atoms with Crippen LogP contribution >= 0.6 is 11.3 Å². The number of nitriles is 1. The first kappa shape index (κ1) is 17.3. The number of esters is 1. The van der Waals surface area contributed by atoms with Gasteiger partial charge < -0.3 is 20.4 Å². The highest BCUT2D eigenvalue weighted by Gasteiger charge is 2.21. The number of anilines is 2. The van der Waals surface area contributed by atoms with Crippen molar-refractivity contribution in [2.75, 3.05) is 18.2 Å². The third-order valence-electron chi connectivity index (χ3n) is 3.67. The van der Waals surface area contributed by atoms with Gasteiger partial charge in [-0.3, -0.25) is 4.79 Å². The summed E-state index contributed by atoms with van der Waals surface area (Å²) in [5.74, 6) is -0.882. The molecule has 0 unspecified atom stereocenters. The smallest absolute Gasteiger partial charge is 0.357 e. The molecule has 0 atom stereocenters. The van der Waals surface area contributed by atoms with Gasteiger partial charge in [-0.1, -0.05) is 12.1 Å². The maximum Gasteiger partial charge on any atom is 0.357 e. The highest BCUT2D eigenvalue weighted by atomic mass is 32.1. The van der Waals surface area contributed by atoms with Gasteiger partial charge in [0.15, 0.2) is 5.69 Å². The predicted molar refractivity (Wildman–Crippen MR) is 98.5 cm³/mol. The molecule has 1 aromatic carbocycles. The zero-order chi connectivity index (χ0) is 18.7. The van der Waals surface area contributed by atoms with Crippen LogP contribution in [0.2, 0.25) is 0 Å². The van der Waals surface area contributed by atoms with Crippen molar-refractivity contribution >= 4 is 34.6 Å². The maximum absolute atomic E-state index is 12.2. The number of aromatic nitrogens is 1. The van der Waals surface area contributed by atoms with Gasteiger partial charge >= 0.3 is 5.97 Å². The Morgan fingerprint density at radius 3 is 2.77 bits per heavy atom. The van der Waals surface area contributed by atoms with Crippen molar-refractivity contribution in [1.29, 1.82) is 5.26 Å². The molecule has 0 saturated heterocycles. The summed E-state index contributed by atoms with van der Waals surface area (Å²) >= 11 is 1.34. The topological polar surface area (TPSA) is 110 Å². The summed E-state index contributed by atoms with van der Waals surface area (Å²) in [6.07, 6.45) is 1.46. The van der Waals surface area contributed by atoms with E-state index in [0.717, 1.165) is 0 Å². The second-order valence-electron chi connectivity index (χ2n) is 5.26. The van der Waals surface area contributed by atoms with E-state index in [4.69, 9.17) is 10.5 Å². The average molecular weight is 366 g/mol. The number of amides is 1. The number of hydrogen-bond donors (Lipinski definition) is 2. The highest BCUT2D eigenvalue weighted by molar-refractivity contribution is 7.12. The molecule has 130 valence electrons. The summed E-state index contributed by atoms with van der Waals surface area (Å²) in [6.45, 7) is 0. The lowest BCUT2D eigenvalue weighted by molar-refractivity contribution is 0.0593. The van der Waals surface area contributed by atoms with Crippen molar-refractivity contribution in [2.45, 2.75) is 0 Å². The summed E-state index contributed by atoms with van der Waals surface area (Å²) in [6, 6.07) is 12.3. The third-order valence-corrected chi connectivity index (χ3v) is 4.54. The molecule has 3 aromatic rings. The standard InChI is InChI=1S/C18H14N4O3S/c1-25-18(24)16-15(20)11(9-19)10-22(16)13-5-2-4-12(8-13)21-17(23)14-6-3-7-26-14/h2-8,10H,20H2,1H3,(H,21,23). The fourth-order valence-electron chi connectivity index (χ4n) is 2.45. The second-order valence-corrected chi connectivity index (χ2v) is 6.21. The van der Waals surface area contributed by atoms with Crippen LogP contribution in [0.5, 0.6) is 0 Å². The number of carbonyl (C=O) groups excluding carboxylic acids is 2. The van der Waals surface area contributed by atoms with Gasteiger partial charge in [-0.05, 0) is 29.6 Å². The van der Waals surface area contributed by atoms with Gasteiger partial charge in [0.05, 0.1) is 23.2 Å². The highest BCUT2D eigenvalue weighted by Crippen LogP contribution is 2.26. The van der Waals surface area contributed by atoms with Crippen LogP contribution in [-0.4, -0.2) is 23.6 Å². The molecule has 7 nitrogen and oxygen atoms in total. The molecular weight excluding hydrogens is 352 g/mol. The van der Waals surface area contributed by atoms with Gasteiger partial charge in [0, 0.05) is 17.6 Å². The van der Waals surface area contributed by atoms with Crippen molar-refractivity contribution in [2.24, 2.45) is 0 Å². The summed E-state index contributed by atoms with van der Waals surface area (Å²) in [5, 5.41) is 13.8. The number of hydrogen-bond acceptors (Lipinski definition) is 6. The minimum absolute atomic E-state index is 0.0485. The minimum atomic E-state index is -0.656. The van der Waals surface area contributed by atoms with E-state index >= 15 is 0 Å². The molecular formula is C18H14N4O3S. The van der Waals surface area contributed by atoms with E-state index in [0.29, 0.717) is 16.3 Å². The normalized spacial score (nSPS) is 10.2. The Labute approximate surface area is 153 Å². The number of carbonyl (C=O) groups is 2. The SMILES string of the molecule is COC(=O)c1c(N)c(C#N)cn1-c1cccc(NC(=O)c2cccs2)c1. The van der Waals surface area contributed by atoms with E-state index < -0.39 is 5.97 Å². The zero-order valence-electron chi connectivity index (χ0n) is 13.7. The molecule has 0 bridgehead atoms. The lowest BCUT2D eigenvalue weighted by Crippen LogP contribution is -2.12. The number of methoxy groups -OCH3 is 1. The first-order valence-electron chi connectivity index (χ1n) is 7.49. The largest absolute Gasteiger partial charge is 0.464 e. The molecule has 2 heterocycles. The average Bonchev–Trinajstić information content (AvgIpc) is 3.29. The van der Waals surface area contributed by atoms with Crippen LogP contribution in [-0.2, 0) is 4.74 Å². The van der Waals surface area contributed by atoms with Crippen LogP contribution in [0.3, 0.4) is 0 Å². The van der Waals surface area contributed by atoms with Crippen LogP contribution < -0.4 is 11.1 Å². The predicted octanol–water partition coefficient (Wildman–Crippen LogP) is 3.03. The number of nitrogens with zero attached hydrogens (tertiary/aromatic N) is 2. The Morgan fingerprint density at radius 2 is 2.12 bits per heavy atom. The van der Waals surface area contributed by atoms with Crippen LogP contribution in [0, 0.1) is 11.3 Å². The molecule has 0 fully saturated rings. The molecule has 0 spiro atoms. The number of nitrogens with one attached hydrogen (secondary N) is 1. The molecule has 0 saturated carbocycles. The molecule has 3 rings (SSSR count). The van der Waals surface area contributed by atoms with Gasteiger partial charge in [-0.25, -0.2) is 4.79 Å². The van der Waals surface area contributed by atoms with E-state index in [1.165, 1.54) is 29.2 Å². The number of thiophene rings is 1. The lowest BCUT2D eigenvalue weighted by atomic mass is 10.2. The Kier molecular flexibility index (Phi) is 4.73. The van der Waals surface area contributed by atoms with Gasteiger partial charge in [0.1, 0.15) is 6.07 Å². The number of nitrogens with two attached hydrogens (primary N) is 1. The second kappa shape index (κ2) is 7.13. The Bertz CT molecular complexity index is 1020. The Balaban J connectivity index is 2.00. The molecule has 1 amide bonds. The molecule has 3 N–H and O–H groups in total. The molecule has 2 aromatic heterocycles. The number of nitrogen functional groups attached to an aromatic ring is 1. The Hall–Kier alpha value is -3.57. The molecule has 0 aliphatic heterocycles. The van der Waals surface area contributed by atoms with Crippen LogP contribution in [0.25, 0.3) is 5.69 Å². The summed E-state index contributed by atoms with van der Waals surface area (Å²) in [4.78, 5) is 24.9. The van der Waals surface area contributed by atoms with Crippen molar-refractivity contribution in [1.82, 2.24) is 4.57 Å². The van der Waals surface area contributed by atoms with Gasteiger partial charge in [0.2, 0.25) is 0 Å². The van der Waals surface area contributed by atoms with Crippen LogP contribution in [0.1, 0.15) is 25.7 Å². The van der Waals surface area contributed by atoms with Gasteiger partial charge in [-0.15, -0.1) is 11.3 Å². The number of ether oxygens (including phenoxy) is 1. The van der Waals surface area contributed by atoms with Crippen molar-refractivity contribution in [3.05, 3.63) is 64.1 Å². The molecule has 0 radical (unpaired) electrons. The number of rotatable bonds is 4. The van der Waals surface area contributed by atoms with Crippen molar-refractivity contribution < 1.29 is 14.3 Å². The molecule has 26 heavy (non-hydrogen) atoms. The monoisotopic (exact) mass is 366 g/mol. The molecule has 0 aliphatic rings. The van der Waals surface area contributed by atoms with E-state index in [-0.39, 0.29) is 22.9 Å². The van der Waals surface area contributed by atoms with Gasteiger partial charge in [-0.2, -0.15) is 5.26 Å². The van der Waals surface area contributed by atoms with Crippen LogP contribution in [0.4, 0.5) is 11.4 Å². The number of benzene rings is 1. The third kappa shape index (κ3) is 3.16. The minimum Gasteiger partial charge on any atom is -0.464 e. The fraction of sp³-hybridized carbons (Fsp3) is 0.0556. The van der Waals surface area contributed by atoms with Crippen molar-refractivity contribution in [3.63, 3.8) is 0 Å². The van der Waals surface area contributed by atoms with E-state index in [9.17, 15) is 14.9 Å². The Morgan fingerprint density at radius 1 is 1.31 bits per heavy atom. The van der Waals surface area contributed by atoms with Crippen LogP contribution in [0.15, 0.2) is 48.0 Å². The summed E-state index contributed by atoms with van der Waals surface area (Å²) in [7, 11) is 1.24. The first-order valence-corrected chi connectivity index (χ1v) is 8.37. The van der Waals surface area contributed by atoms with Gasteiger partial charge in [0.25, 0.3) is 5.91 Å². The maximum atomic E-state index is 12.2. The summed E-state index contributed by atoms with van der Waals surface area (Å²) in [5.41, 5.74) is 7.28. The van der Waals surface area contributed by atoms with E-state index in [1.807, 2.05) is 11.4 Å². The lowest BCUT2D eigenvalue weighted by Gasteiger charge is -2.10. The first-order chi connectivity index (χ1) is 12.5. The van der Waals surface area contributed by atoms with Crippen molar-refractivity contribution in [3.8, 4) is 11.8 Å². The zero-order valence-corrected chi connectivity index (χ0v) is 14.5. The fourth-order valence-corrected chi connectivity index (χ4v) is 3.07. The van der Waals surface area contributed by atoms with E-state index in [2.05, 4.69) is 5.32 Å². The summed E-state index contributed by atoms with van der Waals surface area (Å²) < 4.78 is 6.24. The van der Waals surface area contributed by atoms with E-state index in [1.54, 1.807) is 36.4 Å².